The zero-order valence-corrected chi connectivity index (χ0v) is 15.4. The van der Waals surface area contributed by atoms with Crippen LogP contribution in [0.3, 0.4) is 0 Å². The van der Waals surface area contributed by atoms with Crippen LogP contribution >= 0.6 is 43.5 Å². The van der Waals surface area contributed by atoms with Crippen LogP contribution < -0.4 is 10.2 Å². The van der Waals surface area contributed by atoms with Crippen LogP contribution in [0.4, 0.5) is 0 Å². The first-order chi connectivity index (χ1) is 10.5. The molecule has 2 aromatic rings. The quantitative estimate of drug-likeness (QED) is 0.550. The van der Waals surface area contributed by atoms with Crippen LogP contribution in [0, 0.1) is 0 Å². The second-order valence-electron chi connectivity index (χ2n) is 4.22. The van der Waals surface area contributed by atoms with Gasteiger partial charge in [-0.2, -0.15) is 5.10 Å². The Bertz CT molecular complexity index is 718. The third kappa shape index (κ3) is 4.32. The summed E-state index contributed by atoms with van der Waals surface area (Å²) < 4.78 is 6.95. The summed E-state index contributed by atoms with van der Waals surface area (Å²) in [4.78, 5) is 11.9. The van der Waals surface area contributed by atoms with Crippen LogP contribution in [-0.4, -0.2) is 19.2 Å². The molecule has 0 aromatic heterocycles. The second kappa shape index (κ2) is 7.76. The molecule has 2 aromatic carbocycles. The number of carbonyl (C=O) groups is 1. The Balaban J connectivity index is 2.12. The van der Waals surface area contributed by atoms with Crippen molar-refractivity contribution in [3.05, 3.63) is 61.5 Å². The molecule has 0 heterocycles. The highest BCUT2D eigenvalue weighted by molar-refractivity contribution is 9.11. The summed E-state index contributed by atoms with van der Waals surface area (Å²) in [5.74, 6) is 0.314. The Morgan fingerprint density at radius 3 is 2.59 bits per heavy atom. The molecule has 2 rings (SSSR count). The Labute approximate surface area is 149 Å². The fraction of sp³-hybridized carbons (Fsp3) is 0.0667. The van der Waals surface area contributed by atoms with E-state index in [4.69, 9.17) is 16.3 Å². The molecule has 0 radical (unpaired) electrons. The molecule has 0 aliphatic rings. The predicted octanol–water partition coefficient (Wildman–Crippen LogP) is 4.64. The number of benzene rings is 2. The summed E-state index contributed by atoms with van der Waals surface area (Å²) in [5.41, 5.74) is 3.66. The maximum Gasteiger partial charge on any atom is 0.271 e. The van der Waals surface area contributed by atoms with E-state index in [1.165, 1.54) is 6.21 Å². The van der Waals surface area contributed by atoms with Crippen molar-refractivity contribution in [3.8, 4) is 5.75 Å². The largest absolute Gasteiger partial charge is 0.495 e. The molecule has 22 heavy (non-hydrogen) atoms. The maximum absolute atomic E-state index is 11.9. The van der Waals surface area contributed by atoms with Gasteiger partial charge in [0, 0.05) is 20.6 Å². The lowest BCUT2D eigenvalue weighted by Crippen LogP contribution is -2.17. The fourth-order valence-electron chi connectivity index (χ4n) is 1.72. The van der Waals surface area contributed by atoms with Gasteiger partial charge in [-0.3, -0.25) is 4.79 Å². The van der Waals surface area contributed by atoms with E-state index in [2.05, 4.69) is 42.4 Å². The summed E-state index contributed by atoms with van der Waals surface area (Å²) in [5, 5.41) is 4.52. The van der Waals surface area contributed by atoms with Gasteiger partial charge in [0.1, 0.15) is 5.75 Å². The van der Waals surface area contributed by atoms with E-state index in [1.807, 2.05) is 12.1 Å². The van der Waals surface area contributed by atoms with Crippen LogP contribution in [0.5, 0.6) is 5.75 Å². The standard InChI is InChI=1S/C15H11Br2ClN2O2/c1-22-14-10(6-11(16)7-13(14)17)8-19-20-15(21)9-2-4-12(18)5-3-9/h2-8H,1H3,(H,20,21)/b19-8+. The average Bonchev–Trinajstić information content (AvgIpc) is 2.47. The van der Waals surface area contributed by atoms with Crippen LogP contribution in [-0.2, 0) is 0 Å². The minimum atomic E-state index is -0.319. The molecule has 0 aliphatic heterocycles. The third-order valence-corrected chi connectivity index (χ3v) is 4.02. The van der Waals surface area contributed by atoms with Gasteiger partial charge < -0.3 is 4.74 Å². The van der Waals surface area contributed by atoms with Crippen molar-refractivity contribution in [3.63, 3.8) is 0 Å². The molecular weight excluding hydrogens is 435 g/mol. The van der Waals surface area contributed by atoms with Crippen molar-refractivity contribution in [2.75, 3.05) is 7.11 Å². The van der Waals surface area contributed by atoms with Gasteiger partial charge in [-0.05, 0) is 52.3 Å². The Hall–Kier alpha value is -1.37. The fourth-order valence-corrected chi connectivity index (χ4v) is 3.26. The van der Waals surface area contributed by atoms with Crippen molar-refractivity contribution in [2.45, 2.75) is 0 Å². The summed E-state index contributed by atoms with van der Waals surface area (Å²) in [7, 11) is 1.57. The van der Waals surface area contributed by atoms with Crippen LogP contribution in [0.2, 0.25) is 5.02 Å². The second-order valence-corrected chi connectivity index (χ2v) is 6.42. The third-order valence-electron chi connectivity index (χ3n) is 2.72. The van der Waals surface area contributed by atoms with Gasteiger partial charge in [0.2, 0.25) is 0 Å². The van der Waals surface area contributed by atoms with E-state index in [1.54, 1.807) is 31.4 Å². The number of carbonyl (C=O) groups excluding carboxylic acids is 1. The normalized spacial score (nSPS) is 10.7. The number of rotatable bonds is 4. The minimum absolute atomic E-state index is 0.319. The first kappa shape index (κ1) is 17.0. The number of amides is 1. The average molecular weight is 447 g/mol. The molecule has 7 heteroatoms. The molecule has 0 bridgehead atoms. The van der Waals surface area contributed by atoms with Gasteiger partial charge in [-0.25, -0.2) is 5.43 Å². The number of hydrogen-bond donors (Lipinski definition) is 1. The van der Waals surface area contributed by atoms with E-state index in [0.717, 1.165) is 14.5 Å². The molecule has 0 spiro atoms. The number of methoxy groups -OCH3 is 1. The zero-order valence-electron chi connectivity index (χ0n) is 11.4. The van der Waals surface area contributed by atoms with Gasteiger partial charge in [0.25, 0.3) is 5.91 Å². The SMILES string of the molecule is COc1c(Br)cc(Br)cc1/C=N/NC(=O)c1ccc(Cl)cc1. The van der Waals surface area contributed by atoms with Crippen molar-refractivity contribution in [1.82, 2.24) is 5.43 Å². The molecule has 0 atom stereocenters. The van der Waals surface area contributed by atoms with Crippen LogP contribution in [0.25, 0.3) is 0 Å². The summed E-state index contributed by atoms with van der Waals surface area (Å²) in [6, 6.07) is 10.3. The van der Waals surface area contributed by atoms with E-state index in [-0.39, 0.29) is 5.91 Å². The Morgan fingerprint density at radius 1 is 1.27 bits per heavy atom. The van der Waals surface area contributed by atoms with Crippen LogP contribution in [0.15, 0.2) is 50.4 Å². The molecule has 4 nitrogen and oxygen atoms in total. The number of hydrogen-bond acceptors (Lipinski definition) is 3. The number of halogens is 3. The van der Waals surface area contributed by atoms with Crippen molar-refractivity contribution < 1.29 is 9.53 Å². The van der Waals surface area contributed by atoms with E-state index in [0.29, 0.717) is 16.3 Å². The molecule has 0 saturated carbocycles. The highest BCUT2D eigenvalue weighted by Gasteiger charge is 2.08. The Kier molecular flexibility index (Phi) is 5.99. The van der Waals surface area contributed by atoms with E-state index >= 15 is 0 Å². The molecule has 114 valence electrons. The van der Waals surface area contributed by atoms with Gasteiger partial charge in [0.05, 0.1) is 17.8 Å². The first-order valence-electron chi connectivity index (χ1n) is 6.13. The van der Waals surface area contributed by atoms with Gasteiger partial charge >= 0.3 is 0 Å². The number of hydrazone groups is 1. The molecular formula is C15H11Br2ClN2O2. The summed E-state index contributed by atoms with van der Waals surface area (Å²) >= 11 is 12.6. The smallest absolute Gasteiger partial charge is 0.271 e. The van der Waals surface area contributed by atoms with E-state index in [9.17, 15) is 4.79 Å². The van der Waals surface area contributed by atoms with Crippen molar-refractivity contribution >= 4 is 55.6 Å². The van der Waals surface area contributed by atoms with Gasteiger partial charge in [0.15, 0.2) is 0 Å². The van der Waals surface area contributed by atoms with Gasteiger partial charge in [-0.15, -0.1) is 0 Å². The summed E-state index contributed by atoms with van der Waals surface area (Å²) in [6.07, 6.45) is 1.52. The zero-order chi connectivity index (χ0) is 16.1. The molecule has 1 N–H and O–H groups in total. The topological polar surface area (TPSA) is 50.7 Å². The monoisotopic (exact) mass is 444 g/mol. The summed E-state index contributed by atoms with van der Waals surface area (Å²) in [6.45, 7) is 0. The maximum atomic E-state index is 11.9. The minimum Gasteiger partial charge on any atom is -0.495 e. The molecule has 0 unspecified atom stereocenters. The molecule has 0 saturated heterocycles. The van der Waals surface area contributed by atoms with Crippen molar-refractivity contribution in [1.29, 1.82) is 0 Å². The van der Waals surface area contributed by atoms with E-state index < -0.39 is 0 Å². The van der Waals surface area contributed by atoms with Crippen LogP contribution in [0.1, 0.15) is 15.9 Å². The molecule has 1 amide bonds. The number of nitrogens with zero attached hydrogens (tertiary/aromatic N) is 1. The number of ether oxygens (including phenoxy) is 1. The predicted molar refractivity (Wildman–Crippen MR) is 94.9 cm³/mol. The highest BCUT2D eigenvalue weighted by atomic mass is 79.9. The van der Waals surface area contributed by atoms with Gasteiger partial charge in [-0.1, -0.05) is 27.5 Å². The lowest BCUT2D eigenvalue weighted by molar-refractivity contribution is 0.0955. The van der Waals surface area contributed by atoms with Crippen molar-refractivity contribution in [2.24, 2.45) is 5.10 Å². The lowest BCUT2D eigenvalue weighted by Gasteiger charge is -2.07. The molecule has 0 aliphatic carbocycles. The first-order valence-corrected chi connectivity index (χ1v) is 8.09. The molecule has 0 fully saturated rings. The lowest BCUT2D eigenvalue weighted by atomic mass is 10.2. The Morgan fingerprint density at radius 2 is 1.95 bits per heavy atom. The number of nitrogens with one attached hydrogen (secondary N) is 1. The highest BCUT2D eigenvalue weighted by Crippen LogP contribution is 2.31.